The molecule has 2 heterocycles. The Labute approximate surface area is 167 Å². The van der Waals surface area contributed by atoms with E-state index >= 15 is 0 Å². The number of pyridine rings is 1. The molecule has 138 valence electrons. The smallest absolute Gasteiger partial charge is 0.0776 e. The van der Waals surface area contributed by atoms with Gasteiger partial charge in [0.2, 0.25) is 0 Å². The maximum Gasteiger partial charge on any atom is 0.0776 e. The predicted octanol–water partition coefficient (Wildman–Crippen LogP) is 6.96. The molecule has 0 fully saturated rings. The zero-order valence-electron chi connectivity index (χ0n) is 17.1. The van der Waals surface area contributed by atoms with E-state index in [-0.39, 0.29) is 5.41 Å². The third-order valence-corrected chi connectivity index (χ3v) is 8.53. The van der Waals surface area contributed by atoms with Crippen molar-refractivity contribution in [1.29, 1.82) is 0 Å². The molecule has 3 heteroatoms. The van der Waals surface area contributed by atoms with Crippen LogP contribution in [0.3, 0.4) is 0 Å². The fourth-order valence-electron chi connectivity index (χ4n) is 3.46. The molecule has 0 unspecified atom stereocenters. The quantitative estimate of drug-likeness (QED) is 0.338. The van der Waals surface area contributed by atoms with Crippen molar-refractivity contribution >= 4 is 44.8 Å². The van der Waals surface area contributed by atoms with Crippen LogP contribution in [0.15, 0.2) is 54.7 Å². The van der Waals surface area contributed by atoms with Crippen LogP contribution in [0, 0.1) is 0 Å². The number of rotatable bonds is 2. The molecule has 27 heavy (non-hydrogen) atoms. The SMILES string of the molecule is CC(C)(C)c1ccc(-c2cccc3c2sc2ccc([Si](C)(C)C)cc23)nc1. The van der Waals surface area contributed by atoms with Crippen LogP contribution in [0.4, 0.5) is 0 Å². The molecule has 0 aliphatic carbocycles. The van der Waals surface area contributed by atoms with Gasteiger partial charge in [-0.25, -0.2) is 0 Å². The van der Waals surface area contributed by atoms with E-state index in [0.717, 1.165) is 5.69 Å². The minimum absolute atomic E-state index is 0.127. The summed E-state index contributed by atoms with van der Waals surface area (Å²) in [6.07, 6.45) is 2.03. The summed E-state index contributed by atoms with van der Waals surface area (Å²) in [5.41, 5.74) is 3.70. The van der Waals surface area contributed by atoms with Crippen molar-refractivity contribution in [3.05, 3.63) is 60.3 Å². The van der Waals surface area contributed by atoms with Gasteiger partial charge in [-0.3, -0.25) is 4.98 Å². The fraction of sp³-hybridized carbons (Fsp3) is 0.292. The van der Waals surface area contributed by atoms with Crippen LogP contribution in [-0.2, 0) is 5.41 Å². The van der Waals surface area contributed by atoms with Gasteiger partial charge in [-0.05, 0) is 23.1 Å². The van der Waals surface area contributed by atoms with Crippen LogP contribution in [0.25, 0.3) is 31.4 Å². The number of aromatic nitrogens is 1. The van der Waals surface area contributed by atoms with Crippen LogP contribution in [0.1, 0.15) is 26.3 Å². The standard InChI is InChI=1S/C24H27NSSi/c1-24(2,3)16-10-12-21(25-15-16)19-9-7-8-18-20-14-17(27(4,5)6)11-13-22(20)26-23(18)19/h7-15H,1-6H3. The average molecular weight is 390 g/mol. The second-order valence-electron chi connectivity index (χ2n) is 9.43. The minimum atomic E-state index is -1.32. The van der Waals surface area contributed by atoms with E-state index in [1.807, 2.05) is 17.5 Å². The molecule has 0 aliphatic heterocycles. The molecule has 4 rings (SSSR count). The first-order chi connectivity index (χ1) is 12.6. The van der Waals surface area contributed by atoms with Gasteiger partial charge in [0.1, 0.15) is 0 Å². The van der Waals surface area contributed by atoms with Gasteiger partial charge in [0.15, 0.2) is 0 Å². The molecule has 0 atom stereocenters. The van der Waals surface area contributed by atoms with Crippen molar-refractivity contribution in [2.75, 3.05) is 0 Å². The molecule has 0 N–H and O–H groups in total. The molecule has 0 aliphatic rings. The zero-order valence-corrected chi connectivity index (χ0v) is 18.9. The number of thiophene rings is 1. The summed E-state index contributed by atoms with van der Waals surface area (Å²) in [6, 6.07) is 18.1. The third kappa shape index (κ3) is 3.35. The van der Waals surface area contributed by atoms with Crippen molar-refractivity contribution in [3.8, 4) is 11.3 Å². The third-order valence-electron chi connectivity index (χ3n) is 5.27. The van der Waals surface area contributed by atoms with Crippen molar-refractivity contribution < 1.29 is 0 Å². The fourth-order valence-corrected chi connectivity index (χ4v) is 5.83. The van der Waals surface area contributed by atoms with Crippen LogP contribution in [0.5, 0.6) is 0 Å². The minimum Gasteiger partial charge on any atom is -0.256 e. The van der Waals surface area contributed by atoms with Gasteiger partial charge >= 0.3 is 0 Å². The Morgan fingerprint density at radius 2 is 1.67 bits per heavy atom. The number of fused-ring (bicyclic) bond motifs is 3. The van der Waals surface area contributed by atoms with E-state index in [9.17, 15) is 0 Å². The van der Waals surface area contributed by atoms with Crippen molar-refractivity contribution in [3.63, 3.8) is 0 Å². The summed E-state index contributed by atoms with van der Waals surface area (Å²) in [5, 5.41) is 4.27. The Hall–Kier alpha value is -1.97. The van der Waals surface area contributed by atoms with E-state index < -0.39 is 8.07 Å². The Morgan fingerprint density at radius 1 is 0.889 bits per heavy atom. The highest BCUT2D eigenvalue weighted by Gasteiger charge is 2.19. The van der Waals surface area contributed by atoms with Gasteiger partial charge in [0, 0.05) is 31.9 Å². The molecule has 0 saturated heterocycles. The Kier molecular flexibility index (Phi) is 4.28. The van der Waals surface area contributed by atoms with Gasteiger partial charge in [-0.2, -0.15) is 0 Å². The highest BCUT2D eigenvalue weighted by atomic mass is 32.1. The normalized spacial score (nSPS) is 12.8. The Morgan fingerprint density at radius 3 is 2.30 bits per heavy atom. The lowest BCUT2D eigenvalue weighted by molar-refractivity contribution is 0.587. The average Bonchev–Trinajstić information content (AvgIpc) is 2.98. The van der Waals surface area contributed by atoms with E-state index in [1.165, 1.54) is 36.5 Å². The van der Waals surface area contributed by atoms with Crippen LogP contribution >= 0.6 is 11.3 Å². The van der Waals surface area contributed by atoms with Crippen LogP contribution < -0.4 is 5.19 Å². The molecule has 2 aromatic heterocycles. The molecule has 2 aromatic carbocycles. The lowest BCUT2D eigenvalue weighted by atomic mass is 9.88. The van der Waals surface area contributed by atoms with E-state index in [0.29, 0.717) is 0 Å². The lowest BCUT2D eigenvalue weighted by Crippen LogP contribution is -2.37. The largest absolute Gasteiger partial charge is 0.256 e. The number of nitrogens with zero attached hydrogens (tertiary/aromatic N) is 1. The molecule has 1 nitrogen and oxygen atoms in total. The first-order valence-electron chi connectivity index (χ1n) is 9.57. The molecule has 0 spiro atoms. The number of hydrogen-bond donors (Lipinski definition) is 0. The van der Waals surface area contributed by atoms with Gasteiger partial charge < -0.3 is 0 Å². The van der Waals surface area contributed by atoms with Gasteiger partial charge in [0.25, 0.3) is 0 Å². The van der Waals surface area contributed by atoms with E-state index in [1.54, 1.807) is 0 Å². The predicted molar refractivity (Wildman–Crippen MR) is 124 cm³/mol. The molecule has 0 saturated carbocycles. The van der Waals surface area contributed by atoms with Gasteiger partial charge in [0.05, 0.1) is 13.8 Å². The monoisotopic (exact) mass is 389 g/mol. The van der Waals surface area contributed by atoms with Crippen LogP contribution in [-0.4, -0.2) is 13.1 Å². The van der Waals surface area contributed by atoms with Gasteiger partial charge in [-0.1, -0.05) is 82.0 Å². The molecule has 0 radical (unpaired) electrons. The van der Waals surface area contributed by atoms with E-state index in [2.05, 4.69) is 88.9 Å². The zero-order chi connectivity index (χ0) is 19.4. The van der Waals surface area contributed by atoms with Crippen LogP contribution in [0.2, 0.25) is 19.6 Å². The molecule has 0 bridgehead atoms. The van der Waals surface area contributed by atoms with Gasteiger partial charge in [-0.15, -0.1) is 11.3 Å². The van der Waals surface area contributed by atoms with Crippen molar-refractivity contribution in [2.45, 2.75) is 45.8 Å². The first-order valence-corrected chi connectivity index (χ1v) is 13.9. The summed E-state index contributed by atoms with van der Waals surface area (Å²) in [5.74, 6) is 0. The van der Waals surface area contributed by atoms with E-state index in [4.69, 9.17) is 4.98 Å². The Balaban J connectivity index is 1.90. The molecular formula is C24H27NSSi. The number of benzene rings is 2. The van der Waals surface area contributed by atoms with Crippen molar-refractivity contribution in [1.82, 2.24) is 4.98 Å². The summed E-state index contributed by atoms with van der Waals surface area (Å²) in [7, 11) is -1.32. The topological polar surface area (TPSA) is 12.9 Å². The first kappa shape index (κ1) is 18.4. The van der Waals surface area contributed by atoms with Crippen molar-refractivity contribution in [2.24, 2.45) is 0 Å². The molecule has 4 aromatic rings. The highest BCUT2D eigenvalue weighted by Crippen LogP contribution is 2.39. The second-order valence-corrected chi connectivity index (χ2v) is 15.6. The summed E-state index contributed by atoms with van der Waals surface area (Å²) in [6.45, 7) is 13.9. The Bertz CT molecular complexity index is 1130. The second kappa shape index (κ2) is 6.28. The maximum absolute atomic E-state index is 4.81. The molecule has 0 amide bonds. The highest BCUT2D eigenvalue weighted by molar-refractivity contribution is 7.26. The molecular weight excluding hydrogens is 362 g/mol. The summed E-state index contributed by atoms with van der Waals surface area (Å²) < 4.78 is 2.71. The summed E-state index contributed by atoms with van der Waals surface area (Å²) in [4.78, 5) is 4.81. The maximum atomic E-state index is 4.81. The lowest BCUT2D eigenvalue weighted by Gasteiger charge is -2.18. The summed E-state index contributed by atoms with van der Waals surface area (Å²) >= 11 is 1.89. The number of hydrogen-bond acceptors (Lipinski definition) is 2.